The van der Waals surface area contributed by atoms with Crippen LogP contribution in [0.1, 0.15) is 67.6 Å². The number of amides is 3. The Morgan fingerprint density at radius 1 is 1.10 bits per heavy atom. The fraction of sp³-hybridized carbons (Fsp3) is 0.571. The molecule has 0 saturated heterocycles. The zero-order chi connectivity index (χ0) is 30.0. The number of rotatable bonds is 12. The summed E-state index contributed by atoms with van der Waals surface area (Å²) in [7, 11) is 2.77. The standard InChI is InChI=1S/C28H41N3O9/c1-17(8-10-19-23(33)22-20(16-39-25(22)34)18(2)24(19)37-6)9-11-21(32)29-12-14-31(27(36)38-7)15-13-30-26(35)40-28(3,4)5/h8,33H,9-16H2,1-7H3,(H,29,32)(H,30,35)/b17-8+. The number of benzene rings is 1. The van der Waals surface area contributed by atoms with E-state index >= 15 is 0 Å². The Bertz CT molecular complexity index is 1140. The second kappa shape index (κ2) is 14.4. The van der Waals surface area contributed by atoms with Crippen molar-refractivity contribution in [3.63, 3.8) is 0 Å². The highest BCUT2D eigenvalue weighted by Crippen LogP contribution is 2.42. The van der Waals surface area contributed by atoms with Crippen LogP contribution in [0.3, 0.4) is 0 Å². The van der Waals surface area contributed by atoms with E-state index in [0.29, 0.717) is 29.7 Å². The van der Waals surface area contributed by atoms with Gasteiger partial charge in [0.1, 0.15) is 29.3 Å². The molecule has 2 rings (SSSR count). The van der Waals surface area contributed by atoms with Crippen LogP contribution in [-0.2, 0) is 32.0 Å². The first-order valence-electron chi connectivity index (χ1n) is 13.1. The third-order valence-corrected chi connectivity index (χ3v) is 6.24. The summed E-state index contributed by atoms with van der Waals surface area (Å²) in [6.07, 6.45) is 1.73. The van der Waals surface area contributed by atoms with Crippen LogP contribution >= 0.6 is 0 Å². The molecule has 1 aliphatic heterocycles. The number of allylic oxidation sites excluding steroid dienone is 2. The van der Waals surface area contributed by atoms with Crippen molar-refractivity contribution in [3.8, 4) is 11.5 Å². The Labute approximate surface area is 235 Å². The van der Waals surface area contributed by atoms with Gasteiger partial charge in [-0.15, -0.1) is 0 Å². The lowest BCUT2D eigenvalue weighted by Crippen LogP contribution is -2.43. The fourth-order valence-electron chi connectivity index (χ4n) is 4.17. The quantitative estimate of drug-likeness (QED) is 0.197. The van der Waals surface area contributed by atoms with Gasteiger partial charge in [-0.3, -0.25) is 4.79 Å². The third-order valence-electron chi connectivity index (χ3n) is 6.24. The summed E-state index contributed by atoms with van der Waals surface area (Å²) in [6.45, 7) is 9.81. The molecule has 12 nitrogen and oxygen atoms in total. The summed E-state index contributed by atoms with van der Waals surface area (Å²) in [4.78, 5) is 49.7. The molecule has 0 bridgehead atoms. The first kappa shape index (κ1) is 32.3. The van der Waals surface area contributed by atoms with E-state index in [1.165, 1.54) is 19.1 Å². The molecule has 3 N–H and O–H groups in total. The molecule has 0 fully saturated rings. The van der Waals surface area contributed by atoms with Gasteiger partial charge in [0.15, 0.2) is 0 Å². The number of cyclic esters (lactones) is 1. The molecule has 0 radical (unpaired) electrons. The van der Waals surface area contributed by atoms with Crippen LogP contribution in [0.5, 0.6) is 11.5 Å². The first-order valence-corrected chi connectivity index (χ1v) is 13.1. The van der Waals surface area contributed by atoms with Crippen LogP contribution in [0.4, 0.5) is 9.59 Å². The Hall–Kier alpha value is -3.96. The predicted octanol–water partition coefficient (Wildman–Crippen LogP) is 3.36. The van der Waals surface area contributed by atoms with E-state index in [0.717, 1.165) is 11.1 Å². The number of hydrogen-bond acceptors (Lipinski definition) is 9. The van der Waals surface area contributed by atoms with Gasteiger partial charge in [0, 0.05) is 43.7 Å². The van der Waals surface area contributed by atoms with Crippen molar-refractivity contribution >= 4 is 24.1 Å². The minimum absolute atomic E-state index is 0.106. The molecule has 1 aromatic carbocycles. The topological polar surface area (TPSA) is 153 Å². The van der Waals surface area contributed by atoms with E-state index in [2.05, 4.69) is 10.6 Å². The largest absolute Gasteiger partial charge is 0.507 e. The molecule has 1 aliphatic rings. The van der Waals surface area contributed by atoms with E-state index in [1.807, 2.05) is 19.9 Å². The van der Waals surface area contributed by atoms with Gasteiger partial charge in [0.2, 0.25) is 5.91 Å². The lowest BCUT2D eigenvalue weighted by Gasteiger charge is -2.23. The highest BCUT2D eigenvalue weighted by atomic mass is 16.6. The second-order valence-corrected chi connectivity index (χ2v) is 10.4. The highest BCUT2D eigenvalue weighted by molar-refractivity contribution is 5.98. The third kappa shape index (κ3) is 9.06. The van der Waals surface area contributed by atoms with Gasteiger partial charge in [-0.05, 0) is 53.0 Å². The summed E-state index contributed by atoms with van der Waals surface area (Å²) in [5, 5.41) is 16.1. The number of phenols is 1. The number of phenolic OH excluding ortho intramolecular Hbond substituents is 1. The second-order valence-electron chi connectivity index (χ2n) is 10.4. The Balaban J connectivity index is 1.84. The average molecular weight is 564 g/mol. The molecule has 40 heavy (non-hydrogen) atoms. The predicted molar refractivity (Wildman–Crippen MR) is 146 cm³/mol. The average Bonchev–Trinajstić information content (AvgIpc) is 3.28. The summed E-state index contributed by atoms with van der Waals surface area (Å²) in [5.74, 6) is -0.381. The Morgan fingerprint density at radius 2 is 1.75 bits per heavy atom. The van der Waals surface area contributed by atoms with Crippen LogP contribution < -0.4 is 15.4 Å². The minimum Gasteiger partial charge on any atom is -0.507 e. The number of nitrogens with one attached hydrogen (secondary N) is 2. The molecule has 222 valence electrons. The first-order chi connectivity index (χ1) is 18.8. The fourth-order valence-corrected chi connectivity index (χ4v) is 4.17. The Morgan fingerprint density at radius 3 is 2.35 bits per heavy atom. The number of hydrogen-bond donors (Lipinski definition) is 3. The summed E-state index contributed by atoms with van der Waals surface area (Å²) < 4.78 is 20.5. The van der Waals surface area contributed by atoms with E-state index < -0.39 is 23.8 Å². The number of nitrogens with zero attached hydrogens (tertiary/aromatic N) is 1. The van der Waals surface area contributed by atoms with Crippen molar-refractivity contribution in [3.05, 3.63) is 33.9 Å². The van der Waals surface area contributed by atoms with Crippen molar-refractivity contribution in [1.82, 2.24) is 15.5 Å². The number of fused-ring (bicyclic) bond motifs is 1. The molecule has 0 aliphatic carbocycles. The van der Waals surface area contributed by atoms with Crippen LogP contribution in [0, 0.1) is 6.92 Å². The molecule has 1 aromatic rings. The Kier molecular flexibility index (Phi) is 11.6. The summed E-state index contributed by atoms with van der Waals surface area (Å²) >= 11 is 0. The van der Waals surface area contributed by atoms with E-state index in [4.69, 9.17) is 18.9 Å². The highest BCUT2D eigenvalue weighted by Gasteiger charge is 2.31. The monoisotopic (exact) mass is 563 g/mol. The molecular formula is C28H41N3O9. The number of carbonyl (C=O) groups is 4. The molecular weight excluding hydrogens is 522 g/mol. The number of ether oxygens (including phenoxy) is 4. The number of methoxy groups -OCH3 is 2. The maximum absolute atomic E-state index is 12.4. The van der Waals surface area contributed by atoms with Crippen molar-refractivity contribution in [1.29, 1.82) is 0 Å². The normalized spacial score (nSPS) is 12.8. The minimum atomic E-state index is -0.630. The smallest absolute Gasteiger partial charge is 0.409 e. The molecule has 0 saturated carbocycles. The van der Waals surface area contributed by atoms with Gasteiger partial charge < -0.3 is 39.6 Å². The van der Waals surface area contributed by atoms with Crippen molar-refractivity contribution in [2.24, 2.45) is 0 Å². The zero-order valence-electron chi connectivity index (χ0n) is 24.4. The molecule has 12 heteroatoms. The van der Waals surface area contributed by atoms with Gasteiger partial charge >= 0.3 is 18.2 Å². The van der Waals surface area contributed by atoms with Crippen LogP contribution in [0.15, 0.2) is 11.6 Å². The van der Waals surface area contributed by atoms with Crippen LogP contribution in [-0.4, -0.2) is 80.1 Å². The van der Waals surface area contributed by atoms with Crippen molar-refractivity contribution < 1.29 is 43.2 Å². The maximum Gasteiger partial charge on any atom is 0.409 e. The lowest BCUT2D eigenvalue weighted by molar-refractivity contribution is -0.121. The summed E-state index contributed by atoms with van der Waals surface area (Å²) in [5.41, 5.74) is 2.34. The van der Waals surface area contributed by atoms with E-state index in [9.17, 15) is 24.3 Å². The number of aromatic hydroxyl groups is 1. The SMILES string of the molecule is COC(=O)N(CCNC(=O)CC/C(C)=C/Cc1c(O)c2c(c(C)c1OC)COC2=O)CCNC(=O)OC(C)(C)C. The zero-order valence-corrected chi connectivity index (χ0v) is 24.4. The van der Waals surface area contributed by atoms with Crippen LogP contribution in [0.25, 0.3) is 0 Å². The van der Waals surface area contributed by atoms with Crippen molar-refractivity contribution in [2.45, 2.75) is 66.1 Å². The molecule has 0 aromatic heterocycles. The molecule has 0 spiro atoms. The van der Waals surface area contributed by atoms with Gasteiger partial charge in [-0.1, -0.05) is 11.6 Å². The number of alkyl carbamates (subject to hydrolysis) is 1. The van der Waals surface area contributed by atoms with Gasteiger partial charge in [0.05, 0.1) is 14.2 Å². The van der Waals surface area contributed by atoms with Gasteiger partial charge in [-0.25, -0.2) is 14.4 Å². The van der Waals surface area contributed by atoms with Gasteiger partial charge in [0.25, 0.3) is 0 Å². The molecule has 0 unspecified atom stereocenters. The molecule has 3 amide bonds. The lowest BCUT2D eigenvalue weighted by atomic mass is 9.94. The van der Waals surface area contributed by atoms with Crippen molar-refractivity contribution in [2.75, 3.05) is 40.4 Å². The van der Waals surface area contributed by atoms with Crippen LogP contribution in [0.2, 0.25) is 0 Å². The number of esters is 1. The number of carbonyl (C=O) groups excluding carboxylic acids is 4. The summed E-state index contributed by atoms with van der Waals surface area (Å²) in [6, 6.07) is 0. The van der Waals surface area contributed by atoms with E-state index in [-0.39, 0.29) is 56.4 Å². The maximum atomic E-state index is 12.4. The molecule has 0 atom stereocenters. The molecule has 1 heterocycles. The van der Waals surface area contributed by atoms with E-state index in [1.54, 1.807) is 20.8 Å². The van der Waals surface area contributed by atoms with Gasteiger partial charge in [-0.2, -0.15) is 0 Å².